The highest BCUT2D eigenvalue weighted by Crippen LogP contribution is 2.09. The Morgan fingerprint density at radius 3 is 2.70 bits per heavy atom. The Labute approximate surface area is 117 Å². The zero-order valence-corrected chi connectivity index (χ0v) is 10.8. The first kappa shape index (κ1) is 13.8. The molecule has 0 spiro atoms. The number of nitrogens with one attached hydrogen (secondary N) is 1. The molecule has 1 amide bonds. The third kappa shape index (κ3) is 4.23. The molecule has 0 bridgehead atoms. The Balaban J connectivity index is 1.94. The molecular weight excluding hydrogens is 252 g/mol. The van der Waals surface area contributed by atoms with Gasteiger partial charge in [0.05, 0.1) is 6.42 Å². The number of aromatic nitrogens is 1. The number of carbonyl (C=O) groups is 1. The molecule has 4 heteroatoms. The van der Waals surface area contributed by atoms with E-state index in [4.69, 9.17) is 5.11 Å². The highest BCUT2D eigenvalue weighted by atomic mass is 16.2. The van der Waals surface area contributed by atoms with Gasteiger partial charge in [-0.15, -0.1) is 0 Å². The van der Waals surface area contributed by atoms with E-state index in [1.165, 1.54) is 0 Å². The number of nitrogens with zero attached hydrogens (tertiary/aromatic N) is 1. The number of pyridine rings is 1. The van der Waals surface area contributed by atoms with Crippen molar-refractivity contribution in [1.29, 1.82) is 0 Å². The van der Waals surface area contributed by atoms with Gasteiger partial charge in [-0.3, -0.25) is 9.78 Å². The summed E-state index contributed by atoms with van der Waals surface area (Å²) in [5, 5.41) is 11.4. The van der Waals surface area contributed by atoms with E-state index in [1.807, 2.05) is 6.07 Å². The SMILES string of the molecule is O=C(Cc1cccnc1)Nc1ccc(C#CCO)cc1. The van der Waals surface area contributed by atoms with Crippen LogP contribution in [0.5, 0.6) is 0 Å². The molecule has 0 aliphatic carbocycles. The second kappa shape index (κ2) is 7.07. The van der Waals surface area contributed by atoms with Crippen LogP contribution in [0.3, 0.4) is 0 Å². The lowest BCUT2D eigenvalue weighted by atomic mass is 10.2. The van der Waals surface area contributed by atoms with Crippen LogP contribution in [0.4, 0.5) is 5.69 Å². The van der Waals surface area contributed by atoms with Crippen LogP contribution in [-0.4, -0.2) is 22.6 Å². The summed E-state index contributed by atoms with van der Waals surface area (Å²) < 4.78 is 0. The van der Waals surface area contributed by atoms with Crippen LogP contribution in [0, 0.1) is 11.8 Å². The molecule has 1 aromatic carbocycles. The monoisotopic (exact) mass is 266 g/mol. The average Bonchev–Trinajstić information content (AvgIpc) is 2.47. The fourth-order valence-electron chi connectivity index (χ4n) is 1.67. The molecule has 2 rings (SSSR count). The van der Waals surface area contributed by atoms with Crippen molar-refractivity contribution in [2.75, 3.05) is 11.9 Å². The molecule has 0 saturated heterocycles. The molecule has 0 unspecified atom stereocenters. The molecule has 0 atom stereocenters. The van der Waals surface area contributed by atoms with Crippen molar-refractivity contribution in [1.82, 2.24) is 4.98 Å². The van der Waals surface area contributed by atoms with Crippen molar-refractivity contribution < 1.29 is 9.90 Å². The van der Waals surface area contributed by atoms with Gasteiger partial charge in [0.15, 0.2) is 0 Å². The number of aliphatic hydroxyl groups is 1. The minimum Gasteiger partial charge on any atom is -0.384 e. The van der Waals surface area contributed by atoms with Crippen LogP contribution < -0.4 is 5.32 Å². The van der Waals surface area contributed by atoms with Crippen LogP contribution in [-0.2, 0) is 11.2 Å². The Morgan fingerprint density at radius 2 is 2.05 bits per heavy atom. The third-order valence-electron chi connectivity index (χ3n) is 2.57. The molecule has 100 valence electrons. The molecule has 2 N–H and O–H groups in total. The van der Waals surface area contributed by atoms with E-state index in [2.05, 4.69) is 22.1 Å². The highest BCUT2D eigenvalue weighted by Gasteiger charge is 2.03. The van der Waals surface area contributed by atoms with E-state index in [0.29, 0.717) is 12.1 Å². The molecule has 2 aromatic rings. The lowest BCUT2D eigenvalue weighted by Crippen LogP contribution is -2.14. The largest absolute Gasteiger partial charge is 0.384 e. The summed E-state index contributed by atoms with van der Waals surface area (Å²) in [6, 6.07) is 10.8. The normalized spacial score (nSPS) is 9.45. The van der Waals surface area contributed by atoms with Gasteiger partial charge in [-0.2, -0.15) is 0 Å². The Hall–Kier alpha value is -2.64. The van der Waals surface area contributed by atoms with E-state index in [-0.39, 0.29) is 12.5 Å². The molecule has 0 radical (unpaired) electrons. The maximum atomic E-state index is 11.8. The second-order valence-corrected chi connectivity index (χ2v) is 4.12. The average molecular weight is 266 g/mol. The molecule has 0 saturated carbocycles. The molecule has 1 aromatic heterocycles. The van der Waals surface area contributed by atoms with Gasteiger partial charge in [-0.05, 0) is 35.9 Å². The molecule has 1 heterocycles. The van der Waals surface area contributed by atoms with Crippen molar-refractivity contribution in [2.45, 2.75) is 6.42 Å². The first-order valence-electron chi connectivity index (χ1n) is 6.16. The molecule has 0 aliphatic rings. The molecular formula is C16H14N2O2. The maximum Gasteiger partial charge on any atom is 0.228 e. The summed E-state index contributed by atoms with van der Waals surface area (Å²) >= 11 is 0. The highest BCUT2D eigenvalue weighted by molar-refractivity contribution is 5.92. The van der Waals surface area contributed by atoms with Gasteiger partial charge in [0.1, 0.15) is 6.61 Å². The van der Waals surface area contributed by atoms with Gasteiger partial charge in [0, 0.05) is 23.6 Å². The first-order chi connectivity index (χ1) is 9.78. The number of benzene rings is 1. The number of amides is 1. The number of hydrogen-bond donors (Lipinski definition) is 2. The summed E-state index contributed by atoms with van der Waals surface area (Å²) in [5.74, 6) is 5.27. The lowest BCUT2D eigenvalue weighted by Gasteiger charge is -2.05. The molecule has 4 nitrogen and oxygen atoms in total. The quantitative estimate of drug-likeness (QED) is 0.830. The predicted octanol–water partition coefficient (Wildman–Crippen LogP) is 1.61. The van der Waals surface area contributed by atoms with Crippen molar-refractivity contribution in [3.8, 4) is 11.8 Å². The number of anilines is 1. The van der Waals surface area contributed by atoms with E-state index < -0.39 is 0 Å². The van der Waals surface area contributed by atoms with Gasteiger partial charge in [0.2, 0.25) is 5.91 Å². The number of carbonyl (C=O) groups excluding carboxylic acids is 1. The third-order valence-corrected chi connectivity index (χ3v) is 2.57. The van der Waals surface area contributed by atoms with Crippen molar-refractivity contribution in [3.05, 3.63) is 59.9 Å². The molecule has 0 aliphatic heterocycles. The standard InChI is InChI=1S/C16H14N2O2/c19-10-2-4-13-5-7-15(8-6-13)18-16(20)11-14-3-1-9-17-12-14/h1,3,5-9,12,19H,10-11H2,(H,18,20). The lowest BCUT2D eigenvalue weighted by molar-refractivity contribution is -0.115. The van der Waals surface area contributed by atoms with Crippen LogP contribution in [0.25, 0.3) is 0 Å². The minimum absolute atomic E-state index is 0.0906. The number of hydrogen-bond acceptors (Lipinski definition) is 3. The Kier molecular flexibility index (Phi) is 4.87. The van der Waals surface area contributed by atoms with Crippen molar-refractivity contribution in [2.24, 2.45) is 0 Å². The first-order valence-corrected chi connectivity index (χ1v) is 6.16. The maximum absolute atomic E-state index is 11.8. The van der Waals surface area contributed by atoms with Gasteiger partial charge in [0.25, 0.3) is 0 Å². The predicted molar refractivity (Wildman–Crippen MR) is 77.0 cm³/mol. The minimum atomic E-state index is -0.163. The van der Waals surface area contributed by atoms with E-state index in [9.17, 15) is 4.79 Å². The summed E-state index contributed by atoms with van der Waals surface area (Å²) in [6.07, 6.45) is 3.64. The van der Waals surface area contributed by atoms with Crippen LogP contribution >= 0.6 is 0 Å². The van der Waals surface area contributed by atoms with Gasteiger partial charge in [-0.1, -0.05) is 17.9 Å². The Bertz CT molecular complexity index is 625. The van der Waals surface area contributed by atoms with E-state index in [1.54, 1.807) is 42.7 Å². The van der Waals surface area contributed by atoms with Crippen LogP contribution in [0.15, 0.2) is 48.8 Å². The number of aliphatic hydroxyl groups excluding tert-OH is 1. The van der Waals surface area contributed by atoms with Crippen molar-refractivity contribution in [3.63, 3.8) is 0 Å². The van der Waals surface area contributed by atoms with Gasteiger partial charge < -0.3 is 10.4 Å². The van der Waals surface area contributed by atoms with E-state index in [0.717, 1.165) is 11.1 Å². The Morgan fingerprint density at radius 1 is 1.25 bits per heavy atom. The van der Waals surface area contributed by atoms with Gasteiger partial charge in [-0.25, -0.2) is 0 Å². The second-order valence-electron chi connectivity index (χ2n) is 4.12. The van der Waals surface area contributed by atoms with Gasteiger partial charge >= 0.3 is 0 Å². The van der Waals surface area contributed by atoms with Crippen molar-refractivity contribution >= 4 is 11.6 Å². The number of rotatable bonds is 3. The zero-order chi connectivity index (χ0) is 14.2. The molecule has 20 heavy (non-hydrogen) atoms. The topological polar surface area (TPSA) is 62.2 Å². The zero-order valence-electron chi connectivity index (χ0n) is 10.8. The summed E-state index contributed by atoms with van der Waals surface area (Å²) in [4.78, 5) is 15.8. The fourth-order valence-corrected chi connectivity index (χ4v) is 1.67. The van der Waals surface area contributed by atoms with E-state index >= 15 is 0 Å². The summed E-state index contributed by atoms with van der Waals surface area (Å²) in [7, 11) is 0. The summed E-state index contributed by atoms with van der Waals surface area (Å²) in [6.45, 7) is -0.163. The van der Waals surface area contributed by atoms with Crippen LogP contribution in [0.2, 0.25) is 0 Å². The fraction of sp³-hybridized carbons (Fsp3) is 0.125. The summed E-state index contributed by atoms with van der Waals surface area (Å²) in [5.41, 5.74) is 2.38. The molecule has 0 fully saturated rings. The van der Waals surface area contributed by atoms with Crippen LogP contribution in [0.1, 0.15) is 11.1 Å². The smallest absolute Gasteiger partial charge is 0.228 e.